The standard InChI is InChI=1S/C21H41N3O3/c1-5-6-7-19(16-22-17-10-14-26-15-11-17)23-18-8-12-24(13-9-18)20(25)27-21(2,3)4/h17-19,22-23H,5-16H2,1-4H3. The summed E-state index contributed by atoms with van der Waals surface area (Å²) in [6, 6.07) is 1.59. The van der Waals surface area contributed by atoms with E-state index in [2.05, 4.69) is 17.6 Å². The molecule has 2 rings (SSSR count). The molecular weight excluding hydrogens is 342 g/mol. The summed E-state index contributed by atoms with van der Waals surface area (Å²) in [5, 5.41) is 7.61. The number of carbonyl (C=O) groups is 1. The largest absolute Gasteiger partial charge is 0.444 e. The minimum absolute atomic E-state index is 0.176. The number of ether oxygens (including phenoxy) is 2. The lowest BCUT2D eigenvalue weighted by Gasteiger charge is -2.36. The average Bonchev–Trinajstić information content (AvgIpc) is 2.64. The fourth-order valence-electron chi connectivity index (χ4n) is 3.79. The van der Waals surface area contributed by atoms with Crippen LogP contribution < -0.4 is 10.6 Å². The highest BCUT2D eigenvalue weighted by Crippen LogP contribution is 2.17. The summed E-state index contributed by atoms with van der Waals surface area (Å²) in [7, 11) is 0. The number of rotatable bonds is 8. The molecule has 2 heterocycles. The molecule has 0 saturated carbocycles. The molecule has 1 atom stereocenters. The van der Waals surface area contributed by atoms with Crippen LogP contribution in [-0.4, -0.2) is 67.6 Å². The average molecular weight is 384 g/mol. The topological polar surface area (TPSA) is 62.8 Å². The summed E-state index contributed by atoms with van der Waals surface area (Å²) in [4.78, 5) is 14.1. The number of piperidine rings is 1. The number of amides is 1. The second-order valence-corrected chi connectivity index (χ2v) is 9.04. The molecule has 0 aliphatic carbocycles. The molecule has 6 heteroatoms. The molecule has 0 aromatic rings. The van der Waals surface area contributed by atoms with Crippen LogP contribution in [0.4, 0.5) is 4.79 Å². The van der Waals surface area contributed by atoms with Crippen molar-refractivity contribution < 1.29 is 14.3 Å². The van der Waals surface area contributed by atoms with Gasteiger partial charge in [0.2, 0.25) is 0 Å². The lowest BCUT2D eigenvalue weighted by molar-refractivity contribution is 0.0195. The minimum atomic E-state index is -0.423. The van der Waals surface area contributed by atoms with Gasteiger partial charge in [0.25, 0.3) is 0 Å². The van der Waals surface area contributed by atoms with Crippen LogP contribution in [0.15, 0.2) is 0 Å². The van der Waals surface area contributed by atoms with Gasteiger partial charge in [0, 0.05) is 51.0 Å². The summed E-state index contributed by atoms with van der Waals surface area (Å²) < 4.78 is 11.0. The zero-order valence-electron chi connectivity index (χ0n) is 17.9. The van der Waals surface area contributed by atoms with E-state index in [9.17, 15) is 4.79 Å². The van der Waals surface area contributed by atoms with Gasteiger partial charge in [-0.25, -0.2) is 4.79 Å². The third-order valence-corrected chi connectivity index (χ3v) is 5.40. The highest BCUT2D eigenvalue weighted by Gasteiger charge is 2.28. The van der Waals surface area contributed by atoms with Crippen molar-refractivity contribution >= 4 is 6.09 Å². The molecule has 2 N–H and O–H groups in total. The van der Waals surface area contributed by atoms with E-state index in [1.165, 1.54) is 19.3 Å². The Kier molecular flexibility index (Phi) is 9.33. The number of nitrogens with one attached hydrogen (secondary N) is 2. The third kappa shape index (κ3) is 8.79. The molecule has 27 heavy (non-hydrogen) atoms. The molecule has 6 nitrogen and oxygen atoms in total. The van der Waals surface area contributed by atoms with Crippen molar-refractivity contribution in [2.75, 3.05) is 32.8 Å². The van der Waals surface area contributed by atoms with Crippen LogP contribution in [0.2, 0.25) is 0 Å². The number of nitrogens with zero attached hydrogens (tertiary/aromatic N) is 1. The van der Waals surface area contributed by atoms with Crippen LogP contribution in [0.3, 0.4) is 0 Å². The Hall–Kier alpha value is -0.850. The Labute approximate surface area is 165 Å². The van der Waals surface area contributed by atoms with Gasteiger partial charge >= 0.3 is 6.09 Å². The molecule has 1 amide bonds. The number of hydrogen-bond donors (Lipinski definition) is 2. The minimum Gasteiger partial charge on any atom is -0.444 e. The fourth-order valence-corrected chi connectivity index (χ4v) is 3.79. The van der Waals surface area contributed by atoms with Crippen molar-refractivity contribution in [3.8, 4) is 0 Å². The van der Waals surface area contributed by atoms with Crippen molar-refractivity contribution in [3.63, 3.8) is 0 Å². The molecule has 2 aliphatic rings. The first kappa shape index (κ1) is 22.4. The summed E-state index contributed by atoms with van der Waals surface area (Å²) >= 11 is 0. The molecule has 2 aliphatic heterocycles. The second-order valence-electron chi connectivity index (χ2n) is 9.04. The van der Waals surface area contributed by atoms with Crippen LogP contribution in [-0.2, 0) is 9.47 Å². The van der Waals surface area contributed by atoms with Gasteiger partial charge < -0.3 is 25.0 Å². The van der Waals surface area contributed by atoms with Crippen LogP contribution in [0.5, 0.6) is 0 Å². The summed E-state index contributed by atoms with van der Waals surface area (Å²) in [5.74, 6) is 0. The van der Waals surface area contributed by atoms with Crippen molar-refractivity contribution in [1.82, 2.24) is 15.5 Å². The van der Waals surface area contributed by atoms with Crippen LogP contribution in [0.1, 0.15) is 72.6 Å². The molecule has 0 bridgehead atoms. The first-order valence-corrected chi connectivity index (χ1v) is 10.9. The van der Waals surface area contributed by atoms with Gasteiger partial charge in [-0.15, -0.1) is 0 Å². The third-order valence-electron chi connectivity index (χ3n) is 5.40. The van der Waals surface area contributed by atoms with Crippen molar-refractivity contribution in [2.24, 2.45) is 0 Å². The predicted molar refractivity (Wildman–Crippen MR) is 109 cm³/mol. The smallest absolute Gasteiger partial charge is 0.410 e. The monoisotopic (exact) mass is 383 g/mol. The van der Waals surface area contributed by atoms with E-state index in [1.54, 1.807) is 0 Å². The van der Waals surface area contributed by atoms with Crippen molar-refractivity contribution in [1.29, 1.82) is 0 Å². The van der Waals surface area contributed by atoms with Gasteiger partial charge in [-0.2, -0.15) is 0 Å². The van der Waals surface area contributed by atoms with Crippen LogP contribution >= 0.6 is 0 Å². The Morgan fingerprint density at radius 3 is 2.41 bits per heavy atom. The zero-order valence-corrected chi connectivity index (χ0v) is 17.9. The fraction of sp³-hybridized carbons (Fsp3) is 0.952. The molecular formula is C21H41N3O3. The van der Waals surface area contributed by atoms with Gasteiger partial charge in [0.1, 0.15) is 5.60 Å². The predicted octanol–water partition coefficient (Wildman–Crippen LogP) is 3.30. The van der Waals surface area contributed by atoms with E-state index < -0.39 is 5.60 Å². The van der Waals surface area contributed by atoms with Gasteiger partial charge in [0.15, 0.2) is 0 Å². The maximum Gasteiger partial charge on any atom is 0.410 e. The Morgan fingerprint density at radius 1 is 1.15 bits per heavy atom. The normalized spacial score (nSPS) is 21.3. The zero-order chi connectivity index (χ0) is 19.7. The van der Waals surface area contributed by atoms with Gasteiger partial charge in [-0.05, 0) is 52.9 Å². The summed E-state index contributed by atoms with van der Waals surface area (Å²) in [6.07, 6.45) is 7.75. The molecule has 158 valence electrons. The number of hydrogen-bond acceptors (Lipinski definition) is 5. The first-order chi connectivity index (χ1) is 12.9. The molecule has 1 unspecified atom stereocenters. The lowest BCUT2D eigenvalue weighted by Crippen LogP contribution is -2.51. The number of likely N-dealkylation sites (tertiary alicyclic amines) is 1. The van der Waals surface area contributed by atoms with E-state index in [-0.39, 0.29) is 6.09 Å². The highest BCUT2D eigenvalue weighted by atomic mass is 16.6. The number of carbonyl (C=O) groups excluding carboxylic acids is 1. The van der Waals surface area contributed by atoms with Crippen molar-refractivity contribution in [2.45, 2.75) is 96.4 Å². The lowest BCUT2D eigenvalue weighted by atomic mass is 10.0. The summed E-state index contributed by atoms with van der Waals surface area (Å²) in [5.41, 5.74) is -0.423. The highest BCUT2D eigenvalue weighted by molar-refractivity contribution is 5.68. The van der Waals surface area contributed by atoms with Gasteiger partial charge in [-0.1, -0.05) is 19.8 Å². The second kappa shape index (κ2) is 11.2. The molecule has 0 aromatic heterocycles. The summed E-state index contributed by atoms with van der Waals surface area (Å²) in [6.45, 7) is 12.4. The molecule has 0 spiro atoms. The molecule has 0 radical (unpaired) electrons. The van der Waals surface area contributed by atoms with E-state index in [0.29, 0.717) is 18.1 Å². The SMILES string of the molecule is CCCCC(CNC1CCOCC1)NC1CCN(C(=O)OC(C)(C)C)CC1. The van der Waals surface area contributed by atoms with Crippen molar-refractivity contribution in [3.05, 3.63) is 0 Å². The number of unbranched alkanes of at least 4 members (excludes halogenated alkanes) is 1. The maximum atomic E-state index is 12.2. The van der Waals surface area contributed by atoms with E-state index in [4.69, 9.17) is 9.47 Å². The Bertz CT molecular complexity index is 425. The van der Waals surface area contributed by atoms with Gasteiger partial charge in [-0.3, -0.25) is 0 Å². The molecule has 2 fully saturated rings. The molecule has 2 saturated heterocycles. The first-order valence-electron chi connectivity index (χ1n) is 10.9. The maximum absolute atomic E-state index is 12.2. The Balaban J connectivity index is 1.73. The van der Waals surface area contributed by atoms with E-state index in [1.807, 2.05) is 25.7 Å². The van der Waals surface area contributed by atoms with Crippen LogP contribution in [0, 0.1) is 0 Å². The van der Waals surface area contributed by atoms with Crippen LogP contribution in [0.25, 0.3) is 0 Å². The van der Waals surface area contributed by atoms with E-state index in [0.717, 1.165) is 58.5 Å². The van der Waals surface area contributed by atoms with E-state index >= 15 is 0 Å². The quantitative estimate of drug-likeness (QED) is 0.673. The molecule has 0 aromatic carbocycles. The van der Waals surface area contributed by atoms with Gasteiger partial charge in [0.05, 0.1) is 0 Å². The Morgan fingerprint density at radius 2 is 1.81 bits per heavy atom.